The van der Waals surface area contributed by atoms with Crippen LogP contribution in [-0.2, 0) is 6.54 Å². The van der Waals surface area contributed by atoms with E-state index in [2.05, 4.69) is 6.92 Å². The minimum Gasteiger partial charge on any atom is -0.507 e. The summed E-state index contributed by atoms with van der Waals surface area (Å²) in [6.07, 6.45) is 2.40. The fourth-order valence-corrected chi connectivity index (χ4v) is 3.76. The Morgan fingerprint density at radius 3 is 2.54 bits per heavy atom. The third-order valence-corrected chi connectivity index (χ3v) is 5.28. The van der Waals surface area contributed by atoms with Crippen LogP contribution in [0.1, 0.15) is 25.3 Å². The number of phenols is 1. The zero-order valence-electron chi connectivity index (χ0n) is 13.8. The SMILES string of the molecule is CC1CC[NH+](Cc2c(O)ccc3c2oc(=O)c2ccccc23)CC1. The standard InChI is InChI=1S/C20H21NO3/c1-13-8-10-21(11-9-13)12-17-18(22)7-6-15-14-4-2-3-5-16(14)20(23)24-19(15)17/h2-7,13,22H,8-12H2,1H3/p+1. The van der Waals surface area contributed by atoms with Crippen LogP contribution in [0.5, 0.6) is 5.75 Å². The minimum atomic E-state index is -0.341. The molecule has 1 aliphatic heterocycles. The van der Waals surface area contributed by atoms with Gasteiger partial charge in [-0.15, -0.1) is 0 Å². The van der Waals surface area contributed by atoms with Gasteiger partial charge in [0.1, 0.15) is 12.3 Å². The van der Waals surface area contributed by atoms with Gasteiger partial charge in [0, 0.05) is 5.39 Å². The van der Waals surface area contributed by atoms with E-state index in [1.807, 2.05) is 24.3 Å². The number of quaternary nitrogens is 1. The monoisotopic (exact) mass is 324 g/mol. The van der Waals surface area contributed by atoms with Crippen molar-refractivity contribution in [2.75, 3.05) is 13.1 Å². The summed E-state index contributed by atoms with van der Waals surface area (Å²) in [7, 11) is 0. The fraction of sp³-hybridized carbons (Fsp3) is 0.350. The smallest absolute Gasteiger partial charge is 0.344 e. The van der Waals surface area contributed by atoms with Crippen molar-refractivity contribution in [1.29, 1.82) is 0 Å². The molecule has 0 aliphatic carbocycles. The first-order valence-corrected chi connectivity index (χ1v) is 8.63. The third kappa shape index (κ3) is 2.57. The molecule has 0 saturated carbocycles. The van der Waals surface area contributed by atoms with E-state index in [0.717, 1.165) is 35.3 Å². The highest BCUT2D eigenvalue weighted by Crippen LogP contribution is 2.30. The van der Waals surface area contributed by atoms with E-state index in [4.69, 9.17) is 4.42 Å². The number of piperidine rings is 1. The molecule has 1 saturated heterocycles. The van der Waals surface area contributed by atoms with Gasteiger partial charge in [-0.2, -0.15) is 0 Å². The number of likely N-dealkylation sites (tertiary alicyclic amines) is 1. The molecule has 4 heteroatoms. The van der Waals surface area contributed by atoms with E-state index in [9.17, 15) is 9.90 Å². The molecule has 1 aliphatic rings. The van der Waals surface area contributed by atoms with Gasteiger partial charge in [-0.3, -0.25) is 0 Å². The topological polar surface area (TPSA) is 54.9 Å². The molecule has 2 heterocycles. The van der Waals surface area contributed by atoms with Gasteiger partial charge >= 0.3 is 5.63 Å². The summed E-state index contributed by atoms with van der Waals surface area (Å²) >= 11 is 0. The molecule has 4 nitrogen and oxygen atoms in total. The fourth-order valence-electron chi connectivity index (χ4n) is 3.76. The molecular formula is C20H22NO3+. The number of nitrogens with one attached hydrogen (secondary N) is 1. The summed E-state index contributed by atoms with van der Waals surface area (Å²) in [6, 6.07) is 11.0. The Kier molecular flexibility index (Phi) is 3.77. The summed E-state index contributed by atoms with van der Waals surface area (Å²) in [5, 5.41) is 12.7. The average molecular weight is 324 g/mol. The number of hydrogen-bond donors (Lipinski definition) is 2. The predicted molar refractivity (Wildman–Crippen MR) is 94.5 cm³/mol. The highest BCUT2D eigenvalue weighted by molar-refractivity contribution is 6.05. The van der Waals surface area contributed by atoms with E-state index < -0.39 is 0 Å². The van der Waals surface area contributed by atoms with Crippen LogP contribution in [0.3, 0.4) is 0 Å². The van der Waals surface area contributed by atoms with Crippen molar-refractivity contribution in [1.82, 2.24) is 0 Å². The van der Waals surface area contributed by atoms with Crippen LogP contribution in [0.25, 0.3) is 21.7 Å². The third-order valence-electron chi connectivity index (χ3n) is 5.28. The molecule has 2 N–H and O–H groups in total. The molecule has 0 bridgehead atoms. The quantitative estimate of drug-likeness (QED) is 0.562. The highest BCUT2D eigenvalue weighted by Gasteiger charge is 2.23. The van der Waals surface area contributed by atoms with Gasteiger partial charge in [0.25, 0.3) is 0 Å². The maximum absolute atomic E-state index is 12.3. The maximum Gasteiger partial charge on any atom is 0.344 e. The van der Waals surface area contributed by atoms with Gasteiger partial charge in [-0.05, 0) is 42.3 Å². The van der Waals surface area contributed by atoms with E-state index >= 15 is 0 Å². The van der Waals surface area contributed by atoms with Gasteiger partial charge in [-0.1, -0.05) is 25.1 Å². The normalized spacial score (nSPS) is 21.4. The molecule has 2 aromatic carbocycles. The Balaban J connectivity index is 1.85. The average Bonchev–Trinajstić information content (AvgIpc) is 2.60. The summed E-state index contributed by atoms with van der Waals surface area (Å²) in [4.78, 5) is 13.8. The molecule has 4 rings (SSSR count). The van der Waals surface area contributed by atoms with Crippen LogP contribution in [0.2, 0.25) is 0 Å². The number of rotatable bonds is 2. The van der Waals surface area contributed by atoms with Crippen molar-refractivity contribution in [2.24, 2.45) is 5.92 Å². The first-order chi connectivity index (χ1) is 11.6. The van der Waals surface area contributed by atoms with Crippen molar-refractivity contribution >= 4 is 21.7 Å². The summed E-state index contributed by atoms with van der Waals surface area (Å²) in [6.45, 7) is 5.16. The second-order valence-corrected chi connectivity index (χ2v) is 6.98. The van der Waals surface area contributed by atoms with Crippen LogP contribution >= 0.6 is 0 Å². The molecule has 0 amide bonds. The predicted octanol–water partition coefficient (Wildman–Crippen LogP) is 2.47. The second-order valence-electron chi connectivity index (χ2n) is 6.98. The van der Waals surface area contributed by atoms with Gasteiger partial charge in [-0.25, -0.2) is 4.79 Å². The molecular weight excluding hydrogens is 302 g/mol. The Morgan fingerprint density at radius 1 is 1.08 bits per heavy atom. The van der Waals surface area contributed by atoms with E-state index in [-0.39, 0.29) is 11.4 Å². The van der Waals surface area contributed by atoms with Crippen molar-refractivity contribution in [3.63, 3.8) is 0 Å². The Hall–Kier alpha value is -2.33. The van der Waals surface area contributed by atoms with Crippen LogP contribution in [0.15, 0.2) is 45.6 Å². The van der Waals surface area contributed by atoms with Crippen molar-refractivity contribution < 1.29 is 14.4 Å². The van der Waals surface area contributed by atoms with Gasteiger partial charge in [0.2, 0.25) is 0 Å². The number of benzene rings is 2. The second kappa shape index (κ2) is 5.95. The molecule has 0 unspecified atom stereocenters. The maximum atomic E-state index is 12.3. The van der Waals surface area contributed by atoms with Crippen molar-refractivity contribution in [2.45, 2.75) is 26.3 Å². The van der Waals surface area contributed by atoms with Crippen LogP contribution in [-0.4, -0.2) is 18.2 Å². The van der Waals surface area contributed by atoms with E-state index in [1.165, 1.54) is 17.7 Å². The summed E-state index contributed by atoms with van der Waals surface area (Å²) < 4.78 is 5.62. The summed E-state index contributed by atoms with van der Waals surface area (Å²) in [5.74, 6) is 0.990. The van der Waals surface area contributed by atoms with Gasteiger partial charge < -0.3 is 14.4 Å². The highest BCUT2D eigenvalue weighted by atomic mass is 16.4. The molecule has 3 aromatic rings. The van der Waals surface area contributed by atoms with Crippen molar-refractivity contribution in [3.8, 4) is 5.75 Å². The number of phenolic OH excluding ortho intramolecular Hbond substituents is 1. The molecule has 0 radical (unpaired) electrons. The first-order valence-electron chi connectivity index (χ1n) is 8.63. The lowest BCUT2D eigenvalue weighted by Gasteiger charge is -2.27. The molecule has 0 atom stereocenters. The van der Waals surface area contributed by atoms with E-state index in [1.54, 1.807) is 12.1 Å². The minimum absolute atomic E-state index is 0.215. The molecule has 1 aromatic heterocycles. The zero-order chi connectivity index (χ0) is 16.7. The van der Waals surface area contributed by atoms with E-state index in [0.29, 0.717) is 17.5 Å². The number of aromatic hydroxyl groups is 1. The lowest BCUT2D eigenvalue weighted by Crippen LogP contribution is -3.11. The van der Waals surface area contributed by atoms with Crippen LogP contribution in [0, 0.1) is 5.92 Å². The van der Waals surface area contributed by atoms with Crippen LogP contribution < -0.4 is 10.5 Å². The Bertz CT molecular complexity index is 952. The summed E-state index contributed by atoms with van der Waals surface area (Å²) in [5.41, 5.74) is 0.942. The molecule has 0 spiro atoms. The van der Waals surface area contributed by atoms with Crippen LogP contribution in [0.4, 0.5) is 0 Å². The van der Waals surface area contributed by atoms with Crippen molar-refractivity contribution in [3.05, 3.63) is 52.4 Å². The number of fused-ring (bicyclic) bond motifs is 3. The largest absolute Gasteiger partial charge is 0.507 e. The van der Waals surface area contributed by atoms with Gasteiger partial charge in [0.15, 0.2) is 5.58 Å². The lowest BCUT2D eigenvalue weighted by atomic mass is 9.98. The first kappa shape index (κ1) is 15.2. The Labute approximate surface area is 140 Å². The zero-order valence-corrected chi connectivity index (χ0v) is 13.8. The molecule has 1 fully saturated rings. The molecule has 24 heavy (non-hydrogen) atoms. The molecule has 124 valence electrons. The van der Waals surface area contributed by atoms with Gasteiger partial charge in [0.05, 0.1) is 24.0 Å². The Morgan fingerprint density at radius 2 is 1.79 bits per heavy atom. The lowest BCUT2D eigenvalue weighted by molar-refractivity contribution is -0.919. The number of hydrogen-bond acceptors (Lipinski definition) is 3.